The highest BCUT2D eigenvalue weighted by Gasteiger charge is 2.37. The second kappa shape index (κ2) is 15.9. The maximum absolute atomic E-state index is 14.2. The van der Waals surface area contributed by atoms with E-state index in [2.05, 4.69) is 23.5 Å². The fourth-order valence-corrected chi connectivity index (χ4v) is 4.12. The zero-order chi connectivity index (χ0) is 30.5. The molecule has 0 aliphatic carbocycles. The average molecular weight is 557 g/mol. The Kier molecular flexibility index (Phi) is 13.7. The average Bonchev–Trinajstić information content (AvgIpc) is 2.83. The monoisotopic (exact) mass is 556 g/mol. The van der Waals surface area contributed by atoms with Gasteiger partial charge in [0.25, 0.3) is 0 Å². The van der Waals surface area contributed by atoms with Crippen molar-refractivity contribution in [1.29, 1.82) is 0 Å². The number of rotatable bonds is 14. The molecule has 1 aromatic rings. The van der Waals surface area contributed by atoms with Crippen LogP contribution in [0.15, 0.2) is 24.3 Å². The van der Waals surface area contributed by atoms with Gasteiger partial charge in [0.1, 0.15) is 17.7 Å². The molecule has 0 aliphatic heterocycles. The van der Waals surface area contributed by atoms with Crippen molar-refractivity contribution >= 4 is 23.8 Å². The molecule has 1 aromatic carbocycles. The quantitative estimate of drug-likeness (QED) is 0.228. The van der Waals surface area contributed by atoms with Crippen LogP contribution >= 0.6 is 0 Å². The third-order valence-electron chi connectivity index (χ3n) is 5.91. The van der Waals surface area contributed by atoms with Gasteiger partial charge in [0, 0.05) is 24.1 Å². The Balaban J connectivity index is 3.55. The molecule has 0 aliphatic rings. The molecule has 222 valence electrons. The topological polar surface area (TPSA) is 131 Å². The van der Waals surface area contributed by atoms with Crippen molar-refractivity contribution in [2.75, 3.05) is 6.54 Å². The van der Waals surface area contributed by atoms with Gasteiger partial charge >= 0.3 is 6.09 Å². The number of hydrogen-bond acceptors (Lipinski definition) is 5. The number of ether oxygens (including phenoxy) is 1. The van der Waals surface area contributed by atoms with Crippen LogP contribution in [0, 0.1) is 12.3 Å². The summed E-state index contributed by atoms with van der Waals surface area (Å²) >= 11 is 0. The summed E-state index contributed by atoms with van der Waals surface area (Å²) in [5, 5.41) is 5.61. The van der Waals surface area contributed by atoms with Gasteiger partial charge in [-0.2, -0.15) is 0 Å². The van der Waals surface area contributed by atoms with Crippen LogP contribution in [0.5, 0.6) is 0 Å². The van der Waals surface area contributed by atoms with Crippen molar-refractivity contribution in [2.24, 2.45) is 5.73 Å². The number of alkyl carbamates (subject to hydrolysis) is 1. The summed E-state index contributed by atoms with van der Waals surface area (Å²) in [5.74, 6) is 1.09. The zero-order valence-corrected chi connectivity index (χ0v) is 25.3. The summed E-state index contributed by atoms with van der Waals surface area (Å²) < 4.78 is 5.38. The molecule has 0 bridgehead atoms. The Bertz CT molecular complexity index is 1030. The molecule has 0 saturated carbocycles. The van der Waals surface area contributed by atoms with Gasteiger partial charge in [-0.1, -0.05) is 50.7 Å². The molecule has 1 rings (SSSR count). The van der Waals surface area contributed by atoms with Gasteiger partial charge in [-0.05, 0) is 72.1 Å². The van der Waals surface area contributed by atoms with E-state index in [4.69, 9.17) is 16.9 Å². The molecule has 0 spiro atoms. The second-order valence-electron chi connectivity index (χ2n) is 12.1. The maximum Gasteiger partial charge on any atom is 0.408 e. The molecule has 4 amide bonds. The van der Waals surface area contributed by atoms with Crippen molar-refractivity contribution in [3.8, 4) is 12.3 Å². The Morgan fingerprint density at radius 2 is 1.60 bits per heavy atom. The van der Waals surface area contributed by atoms with E-state index in [1.54, 1.807) is 45.0 Å². The summed E-state index contributed by atoms with van der Waals surface area (Å²) in [4.78, 5) is 53.7. The number of nitrogens with two attached hydrogens (primary N) is 1. The standard InChI is InChI=1S/C31H48N4O5/c1-9-11-12-13-14-21-35(28(38)24(19-20-25(32)36)33-29(39)40-31(6,7)8)26(27(37)34-30(3,4)5)23-17-15-22(10-2)16-18-23/h2,15-18,24,26H,9,11-14,19-21H2,1,3-8H3,(H2,32,36)(H,33,39)(H,34,37). The number of carbonyl (C=O) groups excluding carboxylic acids is 4. The largest absolute Gasteiger partial charge is 0.444 e. The van der Waals surface area contributed by atoms with Crippen molar-refractivity contribution in [3.05, 3.63) is 35.4 Å². The number of amides is 4. The molecule has 4 N–H and O–H groups in total. The minimum atomic E-state index is -1.13. The number of nitrogens with one attached hydrogen (secondary N) is 2. The molecule has 9 heteroatoms. The lowest BCUT2D eigenvalue weighted by molar-refractivity contribution is -0.143. The van der Waals surface area contributed by atoms with Gasteiger partial charge < -0.3 is 26.0 Å². The van der Waals surface area contributed by atoms with E-state index in [0.29, 0.717) is 17.5 Å². The van der Waals surface area contributed by atoms with E-state index >= 15 is 0 Å². The Morgan fingerprint density at radius 3 is 2.10 bits per heavy atom. The summed E-state index contributed by atoms with van der Waals surface area (Å²) in [7, 11) is 0. The predicted octanol–water partition coefficient (Wildman–Crippen LogP) is 4.58. The fraction of sp³-hybridized carbons (Fsp3) is 0.613. The van der Waals surface area contributed by atoms with Crippen LogP contribution in [0.1, 0.15) is 111 Å². The van der Waals surface area contributed by atoms with Crippen molar-refractivity contribution in [2.45, 2.75) is 117 Å². The first kappa shape index (κ1) is 34.5. The number of carbonyl (C=O) groups is 4. The van der Waals surface area contributed by atoms with Gasteiger partial charge in [-0.15, -0.1) is 6.42 Å². The van der Waals surface area contributed by atoms with Crippen LogP contribution in [0.25, 0.3) is 0 Å². The highest BCUT2D eigenvalue weighted by molar-refractivity contribution is 5.92. The summed E-state index contributed by atoms with van der Waals surface area (Å²) in [6.07, 6.45) is 9.22. The lowest BCUT2D eigenvalue weighted by Gasteiger charge is -2.36. The van der Waals surface area contributed by atoms with Crippen LogP contribution in [0.2, 0.25) is 0 Å². The number of benzene rings is 1. The Labute approximate surface area is 240 Å². The highest BCUT2D eigenvalue weighted by atomic mass is 16.6. The third kappa shape index (κ3) is 13.0. The molecule has 9 nitrogen and oxygen atoms in total. The zero-order valence-electron chi connectivity index (χ0n) is 25.3. The first-order valence-corrected chi connectivity index (χ1v) is 14.0. The van der Waals surface area contributed by atoms with Crippen LogP contribution in [-0.2, 0) is 19.1 Å². The molecule has 2 unspecified atom stereocenters. The first-order valence-electron chi connectivity index (χ1n) is 14.0. The predicted molar refractivity (Wildman–Crippen MR) is 157 cm³/mol. The Morgan fingerprint density at radius 1 is 1.00 bits per heavy atom. The molecule has 2 atom stereocenters. The number of unbranched alkanes of at least 4 members (excludes halogenated alkanes) is 4. The van der Waals surface area contributed by atoms with Gasteiger partial charge in [-0.25, -0.2) is 4.79 Å². The smallest absolute Gasteiger partial charge is 0.408 e. The van der Waals surface area contributed by atoms with Gasteiger partial charge in [0.2, 0.25) is 17.7 Å². The van der Waals surface area contributed by atoms with Crippen molar-refractivity contribution < 1.29 is 23.9 Å². The molecule has 40 heavy (non-hydrogen) atoms. The van der Waals surface area contributed by atoms with Gasteiger partial charge in [0.15, 0.2) is 0 Å². The first-order chi connectivity index (χ1) is 18.6. The van der Waals surface area contributed by atoms with Crippen molar-refractivity contribution in [3.63, 3.8) is 0 Å². The maximum atomic E-state index is 14.2. The van der Waals surface area contributed by atoms with E-state index in [0.717, 1.165) is 25.7 Å². The molecular formula is C31H48N4O5. The normalized spacial score (nSPS) is 12.9. The summed E-state index contributed by atoms with van der Waals surface area (Å²) in [5.41, 5.74) is 5.24. The summed E-state index contributed by atoms with van der Waals surface area (Å²) in [6, 6.07) is 4.78. The SMILES string of the molecule is C#Cc1ccc(C(C(=O)NC(C)(C)C)N(CCCCCCC)C(=O)C(CCC(N)=O)NC(=O)OC(C)(C)C)cc1. The third-order valence-corrected chi connectivity index (χ3v) is 5.91. The lowest BCUT2D eigenvalue weighted by Crippen LogP contribution is -2.55. The van der Waals surface area contributed by atoms with Crippen LogP contribution in [0.4, 0.5) is 4.79 Å². The molecule has 0 saturated heterocycles. The molecule has 0 radical (unpaired) electrons. The van der Waals surface area contributed by atoms with Gasteiger partial charge in [0.05, 0.1) is 0 Å². The lowest BCUT2D eigenvalue weighted by atomic mass is 9.98. The number of hydrogen-bond donors (Lipinski definition) is 3. The fourth-order valence-electron chi connectivity index (χ4n) is 4.12. The molecule has 0 fully saturated rings. The number of primary amides is 1. The van der Waals surface area contributed by atoms with E-state index in [9.17, 15) is 19.2 Å². The minimum Gasteiger partial charge on any atom is -0.444 e. The number of terminal acetylenes is 1. The van der Waals surface area contributed by atoms with E-state index < -0.39 is 41.1 Å². The van der Waals surface area contributed by atoms with Gasteiger partial charge in [-0.3, -0.25) is 14.4 Å². The summed E-state index contributed by atoms with van der Waals surface area (Å²) in [6.45, 7) is 13.1. The van der Waals surface area contributed by atoms with E-state index in [-0.39, 0.29) is 25.3 Å². The van der Waals surface area contributed by atoms with Crippen molar-refractivity contribution in [1.82, 2.24) is 15.5 Å². The molecule has 0 heterocycles. The minimum absolute atomic E-state index is 0.0383. The highest BCUT2D eigenvalue weighted by Crippen LogP contribution is 2.26. The van der Waals surface area contributed by atoms with Crippen LogP contribution in [-0.4, -0.2) is 52.4 Å². The molecular weight excluding hydrogens is 508 g/mol. The van der Waals surface area contributed by atoms with Crippen LogP contribution in [0.3, 0.4) is 0 Å². The number of nitrogens with zero attached hydrogens (tertiary/aromatic N) is 1. The molecule has 0 aromatic heterocycles. The van der Waals surface area contributed by atoms with E-state index in [1.807, 2.05) is 20.8 Å². The Hall–Kier alpha value is -3.54. The van der Waals surface area contributed by atoms with Crippen LogP contribution < -0.4 is 16.4 Å². The van der Waals surface area contributed by atoms with E-state index in [1.165, 1.54) is 4.90 Å². The second-order valence-corrected chi connectivity index (χ2v) is 12.1.